The fourth-order valence-electron chi connectivity index (χ4n) is 3.92. The van der Waals surface area contributed by atoms with Gasteiger partial charge in [0.15, 0.2) is 0 Å². The molecule has 136 valence electrons. The first-order valence-corrected chi connectivity index (χ1v) is 9.37. The van der Waals surface area contributed by atoms with Crippen LogP contribution in [0, 0.1) is 0 Å². The largest absolute Gasteiger partial charge is 0.462 e. The van der Waals surface area contributed by atoms with Gasteiger partial charge < -0.3 is 9.15 Å². The van der Waals surface area contributed by atoms with Crippen molar-refractivity contribution in [1.29, 1.82) is 0 Å². The predicted molar refractivity (Wildman–Crippen MR) is 113 cm³/mol. The summed E-state index contributed by atoms with van der Waals surface area (Å²) in [6.45, 7) is 2.16. The van der Waals surface area contributed by atoms with Crippen LogP contribution in [0.5, 0.6) is 0 Å². The molecular weight excluding hydrogens is 348 g/mol. The molecule has 0 atom stereocenters. The highest BCUT2D eigenvalue weighted by Gasteiger charge is 2.20. The molecule has 1 heterocycles. The van der Waals surface area contributed by atoms with E-state index >= 15 is 0 Å². The quantitative estimate of drug-likeness (QED) is 0.338. The van der Waals surface area contributed by atoms with Gasteiger partial charge in [-0.3, -0.25) is 0 Å². The van der Waals surface area contributed by atoms with Gasteiger partial charge >= 0.3 is 5.97 Å². The summed E-state index contributed by atoms with van der Waals surface area (Å²) >= 11 is 0. The van der Waals surface area contributed by atoms with E-state index in [-0.39, 0.29) is 5.97 Å². The van der Waals surface area contributed by atoms with Crippen molar-refractivity contribution in [1.82, 2.24) is 0 Å². The van der Waals surface area contributed by atoms with Crippen LogP contribution in [0.15, 0.2) is 83.3 Å². The molecule has 5 aromatic rings. The number of benzene rings is 4. The fraction of sp³-hybridized carbons (Fsp3) is 0.0800. The van der Waals surface area contributed by atoms with Crippen LogP contribution in [-0.2, 0) is 4.74 Å². The molecule has 0 aliphatic carbocycles. The Labute approximate surface area is 162 Å². The summed E-state index contributed by atoms with van der Waals surface area (Å²) in [6, 6.07) is 25.9. The Kier molecular flexibility index (Phi) is 3.87. The third-order valence-corrected chi connectivity index (χ3v) is 5.10. The number of para-hydroxylation sites is 1. The molecule has 1 aromatic heterocycles. The standard InChI is InChI=1S/C25H18O3/c1-2-27-25(26)20-15-14-16-8-3-4-9-17(16)23(20)19-11-7-13-22-24(19)18-10-5-6-12-21(18)28-22/h3-15H,2H2,1H3. The van der Waals surface area contributed by atoms with E-state index in [4.69, 9.17) is 9.15 Å². The lowest BCUT2D eigenvalue weighted by atomic mass is 9.90. The zero-order valence-electron chi connectivity index (χ0n) is 15.4. The van der Waals surface area contributed by atoms with Crippen LogP contribution in [0.1, 0.15) is 17.3 Å². The van der Waals surface area contributed by atoms with E-state index in [1.54, 1.807) is 0 Å². The number of ether oxygens (including phenoxy) is 1. The number of esters is 1. The minimum absolute atomic E-state index is 0.312. The second kappa shape index (κ2) is 6.54. The van der Waals surface area contributed by atoms with Crippen molar-refractivity contribution in [3.8, 4) is 11.1 Å². The molecule has 0 radical (unpaired) electrons. The number of fused-ring (bicyclic) bond motifs is 4. The Morgan fingerprint density at radius 3 is 2.43 bits per heavy atom. The van der Waals surface area contributed by atoms with Crippen molar-refractivity contribution in [2.45, 2.75) is 6.92 Å². The van der Waals surface area contributed by atoms with Gasteiger partial charge in [0.1, 0.15) is 11.2 Å². The molecule has 28 heavy (non-hydrogen) atoms. The summed E-state index contributed by atoms with van der Waals surface area (Å²) in [5, 5.41) is 4.15. The first kappa shape index (κ1) is 16.6. The van der Waals surface area contributed by atoms with Gasteiger partial charge in [0.05, 0.1) is 12.2 Å². The summed E-state index contributed by atoms with van der Waals surface area (Å²) in [4.78, 5) is 12.8. The van der Waals surface area contributed by atoms with Crippen molar-refractivity contribution in [3.63, 3.8) is 0 Å². The van der Waals surface area contributed by atoms with Crippen LogP contribution in [0.3, 0.4) is 0 Å². The number of furan rings is 1. The summed E-state index contributed by atoms with van der Waals surface area (Å²) in [5.74, 6) is -0.312. The Morgan fingerprint density at radius 2 is 1.57 bits per heavy atom. The van der Waals surface area contributed by atoms with Crippen LogP contribution in [0.4, 0.5) is 0 Å². The normalized spacial score (nSPS) is 11.3. The molecule has 0 amide bonds. The molecule has 0 spiro atoms. The predicted octanol–water partition coefficient (Wildman–Crippen LogP) is 6.58. The molecule has 0 aliphatic rings. The molecule has 0 fully saturated rings. The smallest absolute Gasteiger partial charge is 0.338 e. The molecule has 0 N–H and O–H groups in total. The summed E-state index contributed by atoms with van der Waals surface area (Å²) in [7, 11) is 0. The number of carbonyl (C=O) groups excluding carboxylic acids is 1. The lowest BCUT2D eigenvalue weighted by molar-refractivity contribution is 0.0527. The van der Waals surface area contributed by atoms with E-state index < -0.39 is 0 Å². The Bertz CT molecular complexity index is 1340. The molecule has 0 bridgehead atoms. The topological polar surface area (TPSA) is 39.4 Å². The second-order valence-electron chi connectivity index (χ2n) is 6.71. The van der Waals surface area contributed by atoms with Gasteiger partial charge in [0, 0.05) is 16.3 Å². The zero-order chi connectivity index (χ0) is 19.1. The summed E-state index contributed by atoms with van der Waals surface area (Å²) in [5.41, 5.74) is 4.07. The van der Waals surface area contributed by atoms with Gasteiger partial charge in [-0.25, -0.2) is 4.79 Å². The lowest BCUT2D eigenvalue weighted by Crippen LogP contribution is -2.07. The van der Waals surface area contributed by atoms with Gasteiger partial charge in [0.2, 0.25) is 0 Å². The Hall–Kier alpha value is -3.59. The third kappa shape index (κ3) is 2.48. The molecule has 3 nitrogen and oxygen atoms in total. The summed E-state index contributed by atoms with van der Waals surface area (Å²) in [6.07, 6.45) is 0. The molecule has 0 saturated carbocycles. The minimum atomic E-state index is -0.312. The van der Waals surface area contributed by atoms with Crippen molar-refractivity contribution in [2.75, 3.05) is 6.61 Å². The molecular formula is C25H18O3. The SMILES string of the molecule is CCOC(=O)c1ccc2ccccc2c1-c1cccc2oc3ccccc3c12. The third-order valence-electron chi connectivity index (χ3n) is 5.10. The van der Waals surface area contributed by atoms with E-state index in [0.717, 1.165) is 43.8 Å². The fourth-order valence-corrected chi connectivity index (χ4v) is 3.92. The molecule has 4 aromatic carbocycles. The average molecular weight is 366 g/mol. The maximum atomic E-state index is 12.8. The Balaban J connectivity index is 1.94. The van der Waals surface area contributed by atoms with E-state index in [1.165, 1.54) is 0 Å². The molecule has 0 saturated heterocycles. The minimum Gasteiger partial charge on any atom is -0.462 e. The van der Waals surface area contributed by atoms with E-state index in [2.05, 4.69) is 24.3 Å². The van der Waals surface area contributed by atoms with Crippen LogP contribution in [0.2, 0.25) is 0 Å². The van der Waals surface area contributed by atoms with Crippen LogP contribution >= 0.6 is 0 Å². The van der Waals surface area contributed by atoms with Gasteiger partial charge in [0.25, 0.3) is 0 Å². The Morgan fingerprint density at radius 1 is 0.821 bits per heavy atom. The maximum absolute atomic E-state index is 12.8. The maximum Gasteiger partial charge on any atom is 0.338 e. The van der Waals surface area contributed by atoms with Crippen molar-refractivity contribution >= 4 is 38.7 Å². The van der Waals surface area contributed by atoms with Gasteiger partial charge in [-0.05, 0) is 41.5 Å². The van der Waals surface area contributed by atoms with E-state index in [9.17, 15) is 4.79 Å². The number of hydrogen-bond acceptors (Lipinski definition) is 3. The van der Waals surface area contributed by atoms with Crippen LogP contribution in [0.25, 0.3) is 43.8 Å². The van der Waals surface area contributed by atoms with Gasteiger partial charge in [-0.15, -0.1) is 0 Å². The van der Waals surface area contributed by atoms with Crippen molar-refractivity contribution in [3.05, 3.63) is 84.4 Å². The first-order chi connectivity index (χ1) is 13.8. The number of carbonyl (C=O) groups is 1. The zero-order valence-corrected chi connectivity index (χ0v) is 15.4. The molecule has 5 rings (SSSR count). The molecule has 0 aliphatic heterocycles. The molecule has 0 unspecified atom stereocenters. The van der Waals surface area contributed by atoms with Gasteiger partial charge in [-0.2, -0.15) is 0 Å². The number of rotatable bonds is 3. The summed E-state index contributed by atoms with van der Waals surface area (Å²) < 4.78 is 11.4. The van der Waals surface area contributed by atoms with Crippen molar-refractivity contribution in [2.24, 2.45) is 0 Å². The van der Waals surface area contributed by atoms with E-state index in [1.807, 2.05) is 61.5 Å². The van der Waals surface area contributed by atoms with Crippen LogP contribution in [-0.4, -0.2) is 12.6 Å². The van der Waals surface area contributed by atoms with Crippen LogP contribution < -0.4 is 0 Å². The highest BCUT2D eigenvalue weighted by atomic mass is 16.5. The van der Waals surface area contributed by atoms with E-state index in [0.29, 0.717) is 12.2 Å². The highest BCUT2D eigenvalue weighted by molar-refractivity contribution is 6.18. The first-order valence-electron chi connectivity index (χ1n) is 9.37. The average Bonchev–Trinajstić information content (AvgIpc) is 3.12. The molecule has 3 heteroatoms. The second-order valence-corrected chi connectivity index (χ2v) is 6.71. The lowest BCUT2D eigenvalue weighted by Gasteiger charge is -2.14. The number of hydrogen-bond donors (Lipinski definition) is 0. The van der Waals surface area contributed by atoms with Crippen molar-refractivity contribution < 1.29 is 13.9 Å². The van der Waals surface area contributed by atoms with Gasteiger partial charge in [-0.1, -0.05) is 60.7 Å². The monoisotopic (exact) mass is 366 g/mol. The highest BCUT2D eigenvalue weighted by Crippen LogP contribution is 2.41.